The van der Waals surface area contributed by atoms with Gasteiger partial charge in [0.05, 0.1) is 6.54 Å². The molecule has 0 saturated heterocycles. The van der Waals surface area contributed by atoms with Crippen LogP contribution in [-0.2, 0) is 14.3 Å². The number of nitrogens with zero attached hydrogens (tertiary/aromatic N) is 1. The normalized spacial score (nSPS) is 10.6. The van der Waals surface area contributed by atoms with Gasteiger partial charge in [0.15, 0.2) is 0 Å². The molecule has 0 aliphatic carbocycles. The van der Waals surface area contributed by atoms with Gasteiger partial charge in [-0.1, -0.05) is 77.6 Å². The van der Waals surface area contributed by atoms with Gasteiger partial charge in [-0.05, 0) is 6.42 Å². The number of unbranched alkanes of at least 4 members (excludes halogenated alkanes) is 11. The lowest BCUT2D eigenvalue weighted by molar-refractivity contribution is -0.145. The van der Waals surface area contributed by atoms with E-state index in [9.17, 15) is 9.59 Å². The summed E-state index contributed by atoms with van der Waals surface area (Å²) in [5.41, 5.74) is 0. The van der Waals surface area contributed by atoms with E-state index in [0.29, 0.717) is 19.6 Å². The van der Waals surface area contributed by atoms with Crippen molar-refractivity contribution in [2.45, 2.75) is 97.3 Å². The number of ether oxygens (including phenoxy) is 1. The minimum absolute atomic E-state index is 0.00740. The molecule has 0 spiro atoms. The molecule has 1 amide bonds. The summed E-state index contributed by atoms with van der Waals surface area (Å²) in [6.07, 6.45) is 16.0. The highest BCUT2D eigenvalue weighted by molar-refractivity contribution is 5.73. The summed E-state index contributed by atoms with van der Waals surface area (Å²) in [5.74, 6) is -0.147. The quantitative estimate of drug-likeness (QED) is 0.290. The summed E-state index contributed by atoms with van der Waals surface area (Å²) in [4.78, 5) is 24.1. The second-order valence-electron chi connectivity index (χ2n) is 6.80. The maximum atomic E-state index is 11.6. The van der Waals surface area contributed by atoms with Crippen molar-refractivity contribution in [3.63, 3.8) is 0 Å². The van der Waals surface area contributed by atoms with Gasteiger partial charge in [0.25, 0.3) is 0 Å². The summed E-state index contributed by atoms with van der Waals surface area (Å²) >= 11 is 0. The van der Waals surface area contributed by atoms with E-state index < -0.39 is 0 Å². The zero-order valence-corrected chi connectivity index (χ0v) is 16.3. The molecule has 0 aromatic rings. The first kappa shape index (κ1) is 22.9. The van der Waals surface area contributed by atoms with E-state index in [4.69, 9.17) is 4.74 Å². The van der Waals surface area contributed by atoms with E-state index in [-0.39, 0.29) is 11.9 Å². The number of carbonyl (C=O) groups is 2. The molecule has 0 saturated carbocycles. The lowest BCUT2D eigenvalue weighted by Crippen LogP contribution is -2.28. The highest BCUT2D eigenvalue weighted by atomic mass is 16.5. The number of carbonyl (C=O) groups excluding carboxylic acids is 2. The molecule has 0 radical (unpaired) electrons. The zero-order chi connectivity index (χ0) is 18.0. The van der Waals surface area contributed by atoms with Crippen LogP contribution in [0.2, 0.25) is 0 Å². The first-order chi connectivity index (χ1) is 11.6. The molecule has 4 heteroatoms. The largest absolute Gasteiger partial charge is 0.464 e. The Morgan fingerprint density at radius 3 is 1.71 bits per heavy atom. The molecule has 4 nitrogen and oxygen atoms in total. The second kappa shape index (κ2) is 16.8. The smallest absolute Gasteiger partial charge is 0.305 e. The molecule has 0 rings (SSSR count). The van der Waals surface area contributed by atoms with Gasteiger partial charge < -0.3 is 9.64 Å². The number of rotatable bonds is 16. The maximum Gasteiger partial charge on any atom is 0.305 e. The summed E-state index contributed by atoms with van der Waals surface area (Å²) in [6, 6.07) is 0. The maximum absolute atomic E-state index is 11.6. The van der Waals surface area contributed by atoms with Crippen molar-refractivity contribution in [2.24, 2.45) is 0 Å². The standard InChI is InChI=1S/C20H39NO3/c1-4-5-6-7-8-9-10-11-12-13-14-15-16-20(23)24-18-17-21(3)19(2)22/h4-18H2,1-3H3. The second-order valence-corrected chi connectivity index (χ2v) is 6.80. The zero-order valence-electron chi connectivity index (χ0n) is 16.3. The highest BCUT2D eigenvalue weighted by Crippen LogP contribution is 2.12. The van der Waals surface area contributed by atoms with Crippen molar-refractivity contribution in [1.82, 2.24) is 4.90 Å². The number of amides is 1. The van der Waals surface area contributed by atoms with Crippen molar-refractivity contribution in [1.29, 1.82) is 0 Å². The molecule has 0 bridgehead atoms. The van der Waals surface area contributed by atoms with Gasteiger partial charge in [-0.15, -0.1) is 0 Å². The molecule has 0 N–H and O–H groups in total. The average molecular weight is 342 g/mol. The van der Waals surface area contributed by atoms with E-state index in [2.05, 4.69) is 6.92 Å². The molecule has 0 aromatic heterocycles. The van der Waals surface area contributed by atoms with Gasteiger partial charge in [0.2, 0.25) is 5.91 Å². The summed E-state index contributed by atoms with van der Waals surface area (Å²) in [5, 5.41) is 0. The van der Waals surface area contributed by atoms with Gasteiger partial charge in [0, 0.05) is 20.4 Å². The molecular formula is C20H39NO3. The Hall–Kier alpha value is -1.06. The predicted octanol–water partition coefficient (Wildman–Crippen LogP) is 5.10. The topological polar surface area (TPSA) is 46.6 Å². The van der Waals surface area contributed by atoms with Gasteiger partial charge in [-0.25, -0.2) is 0 Å². The third-order valence-electron chi connectivity index (χ3n) is 4.46. The Labute approximate surface area is 149 Å². The molecule has 0 aromatic carbocycles. The Kier molecular flexibility index (Phi) is 16.0. The van der Waals surface area contributed by atoms with Crippen LogP contribution < -0.4 is 0 Å². The van der Waals surface area contributed by atoms with Crippen LogP contribution in [0, 0.1) is 0 Å². The fraction of sp³-hybridized carbons (Fsp3) is 0.900. The van der Waals surface area contributed by atoms with Crippen LogP contribution in [0.25, 0.3) is 0 Å². The van der Waals surface area contributed by atoms with Crippen molar-refractivity contribution >= 4 is 11.9 Å². The van der Waals surface area contributed by atoms with Gasteiger partial charge in [0.1, 0.15) is 6.61 Å². The van der Waals surface area contributed by atoms with Gasteiger partial charge in [-0.2, -0.15) is 0 Å². The summed E-state index contributed by atoms with van der Waals surface area (Å²) in [7, 11) is 1.71. The molecule has 0 atom stereocenters. The van der Waals surface area contributed by atoms with Crippen LogP contribution in [0.4, 0.5) is 0 Å². The number of esters is 1. The number of hydrogen-bond donors (Lipinski definition) is 0. The van der Waals surface area contributed by atoms with E-state index in [1.807, 2.05) is 0 Å². The molecule has 0 aliphatic heterocycles. The van der Waals surface area contributed by atoms with Crippen LogP contribution in [0.15, 0.2) is 0 Å². The van der Waals surface area contributed by atoms with Crippen LogP contribution in [0.1, 0.15) is 97.3 Å². The van der Waals surface area contributed by atoms with Crippen LogP contribution in [0.3, 0.4) is 0 Å². The Bertz CT molecular complexity index is 318. The molecule has 0 aliphatic rings. The highest BCUT2D eigenvalue weighted by Gasteiger charge is 2.05. The van der Waals surface area contributed by atoms with Crippen LogP contribution >= 0.6 is 0 Å². The Morgan fingerprint density at radius 1 is 0.792 bits per heavy atom. The molecule has 0 heterocycles. The third-order valence-corrected chi connectivity index (χ3v) is 4.46. The van der Waals surface area contributed by atoms with Crippen molar-refractivity contribution < 1.29 is 14.3 Å². The first-order valence-corrected chi connectivity index (χ1v) is 9.95. The van der Waals surface area contributed by atoms with E-state index in [1.165, 1.54) is 71.1 Å². The van der Waals surface area contributed by atoms with Crippen molar-refractivity contribution in [3.8, 4) is 0 Å². The fourth-order valence-corrected chi connectivity index (χ4v) is 2.64. The molecule has 0 unspecified atom stereocenters. The van der Waals surface area contributed by atoms with Crippen molar-refractivity contribution in [2.75, 3.05) is 20.2 Å². The van der Waals surface area contributed by atoms with Crippen LogP contribution in [0.5, 0.6) is 0 Å². The Morgan fingerprint density at radius 2 is 1.25 bits per heavy atom. The summed E-state index contributed by atoms with van der Waals surface area (Å²) in [6.45, 7) is 4.54. The van der Waals surface area contributed by atoms with E-state index in [0.717, 1.165) is 12.8 Å². The lowest BCUT2D eigenvalue weighted by atomic mass is 10.0. The van der Waals surface area contributed by atoms with E-state index in [1.54, 1.807) is 11.9 Å². The SMILES string of the molecule is CCCCCCCCCCCCCCC(=O)OCCN(C)C(C)=O. The fourth-order valence-electron chi connectivity index (χ4n) is 2.64. The van der Waals surface area contributed by atoms with Gasteiger partial charge in [-0.3, -0.25) is 9.59 Å². The Balaban J connectivity index is 3.23. The predicted molar refractivity (Wildman–Crippen MR) is 100.0 cm³/mol. The van der Waals surface area contributed by atoms with E-state index >= 15 is 0 Å². The third kappa shape index (κ3) is 15.8. The summed E-state index contributed by atoms with van der Waals surface area (Å²) < 4.78 is 5.13. The molecule has 0 fully saturated rings. The minimum Gasteiger partial charge on any atom is -0.464 e. The molecular weight excluding hydrogens is 302 g/mol. The minimum atomic E-state index is -0.140. The van der Waals surface area contributed by atoms with Crippen molar-refractivity contribution in [3.05, 3.63) is 0 Å². The molecule has 24 heavy (non-hydrogen) atoms. The monoisotopic (exact) mass is 341 g/mol. The van der Waals surface area contributed by atoms with Crippen LogP contribution in [-0.4, -0.2) is 37.0 Å². The molecule has 142 valence electrons. The number of hydrogen-bond acceptors (Lipinski definition) is 3. The first-order valence-electron chi connectivity index (χ1n) is 9.95. The van der Waals surface area contributed by atoms with Gasteiger partial charge >= 0.3 is 5.97 Å². The average Bonchev–Trinajstić information content (AvgIpc) is 2.55. The number of likely N-dealkylation sites (N-methyl/N-ethyl adjacent to an activating group) is 1. The lowest BCUT2D eigenvalue weighted by Gasteiger charge is -2.14.